The zero-order valence-corrected chi connectivity index (χ0v) is 15.2. The predicted molar refractivity (Wildman–Crippen MR) is 96.4 cm³/mol. The maximum Gasteiger partial charge on any atom is 0.304 e. The molecule has 1 amide bonds. The smallest absolute Gasteiger partial charge is 0.304 e. The van der Waals surface area contributed by atoms with Crippen molar-refractivity contribution < 1.29 is 14.7 Å². The molecule has 0 aromatic heterocycles. The molecule has 0 spiro atoms. The van der Waals surface area contributed by atoms with E-state index in [1.54, 1.807) is 0 Å². The van der Waals surface area contributed by atoms with E-state index < -0.39 is 11.4 Å². The largest absolute Gasteiger partial charge is 0.481 e. The summed E-state index contributed by atoms with van der Waals surface area (Å²) in [5.74, 6) is -0.858. The summed E-state index contributed by atoms with van der Waals surface area (Å²) in [5, 5.41) is 9.49. The summed E-state index contributed by atoms with van der Waals surface area (Å²) in [6, 6.07) is 8.21. The highest BCUT2D eigenvalue weighted by Gasteiger charge is 2.48. The fourth-order valence-corrected chi connectivity index (χ4v) is 4.51. The number of carboxylic acid groups (broad SMARTS) is 1. The Kier molecular flexibility index (Phi) is 5.13. The maximum atomic E-state index is 13.5. The van der Waals surface area contributed by atoms with Crippen LogP contribution >= 0.6 is 0 Å². The number of carboxylic acids is 1. The molecule has 25 heavy (non-hydrogen) atoms. The van der Waals surface area contributed by atoms with E-state index in [1.165, 1.54) is 0 Å². The van der Waals surface area contributed by atoms with Gasteiger partial charge in [-0.1, -0.05) is 24.3 Å². The molecule has 136 valence electrons. The van der Waals surface area contributed by atoms with E-state index in [0.29, 0.717) is 19.4 Å². The number of nitrogens with zero attached hydrogens (tertiary/aromatic N) is 2. The molecule has 1 aliphatic carbocycles. The summed E-state index contributed by atoms with van der Waals surface area (Å²) in [7, 11) is 2.11. The predicted octanol–water partition coefficient (Wildman–Crippen LogP) is 2.19. The van der Waals surface area contributed by atoms with Gasteiger partial charge >= 0.3 is 5.97 Å². The van der Waals surface area contributed by atoms with Gasteiger partial charge in [0.2, 0.25) is 5.91 Å². The maximum absolute atomic E-state index is 13.5. The second kappa shape index (κ2) is 7.16. The van der Waals surface area contributed by atoms with Gasteiger partial charge in [0.05, 0.1) is 11.8 Å². The lowest BCUT2D eigenvalue weighted by Crippen LogP contribution is -2.52. The molecule has 0 radical (unpaired) electrons. The topological polar surface area (TPSA) is 60.9 Å². The van der Waals surface area contributed by atoms with Crippen LogP contribution in [-0.4, -0.2) is 59.5 Å². The van der Waals surface area contributed by atoms with Gasteiger partial charge in [-0.25, -0.2) is 0 Å². The van der Waals surface area contributed by atoms with E-state index in [2.05, 4.69) is 11.9 Å². The molecule has 3 rings (SSSR count). The highest BCUT2D eigenvalue weighted by atomic mass is 16.4. The van der Waals surface area contributed by atoms with Crippen molar-refractivity contribution in [1.29, 1.82) is 0 Å². The van der Waals surface area contributed by atoms with Gasteiger partial charge in [-0.05, 0) is 63.9 Å². The summed E-state index contributed by atoms with van der Waals surface area (Å²) in [5.41, 5.74) is 1.42. The molecule has 0 atom stereocenters. The van der Waals surface area contributed by atoms with Crippen LogP contribution in [0.1, 0.15) is 37.3 Å². The number of likely N-dealkylation sites (tertiary alicyclic amines) is 1. The Morgan fingerprint density at radius 3 is 2.24 bits per heavy atom. The number of hydrogen-bond donors (Lipinski definition) is 1. The van der Waals surface area contributed by atoms with Gasteiger partial charge in [-0.2, -0.15) is 0 Å². The quantitative estimate of drug-likeness (QED) is 0.889. The molecular weight excluding hydrogens is 316 g/mol. The van der Waals surface area contributed by atoms with Crippen LogP contribution in [0.15, 0.2) is 24.3 Å². The Labute approximate surface area is 149 Å². The number of amides is 1. The zero-order valence-electron chi connectivity index (χ0n) is 15.2. The molecule has 5 heteroatoms. The molecule has 0 bridgehead atoms. The highest BCUT2D eigenvalue weighted by Crippen LogP contribution is 2.42. The fourth-order valence-electron chi connectivity index (χ4n) is 4.51. The van der Waals surface area contributed by atoms with E-state index in [9.17, 15) is 14.7 Å². The summed E-state index contributed by atoms with van der Waals surface area (Å²) < 4.78 is 0. The van der Waals surface area contributed by atoms with Crippen molar-refractivity contribution in [3.8, 4) is 0 Å². The SMILES string of the molecule is CCN(C(=O)C1(CC(=O)O)Cc2ccccc2C1)C1CCN(C)CC1. The second-order valence-electron chi connectivity index (χ2n) is 7.60. The normalized spacial score (nSPS) is 20.2. The molecule has 1 fully saturated rings. The third kappa shape index (κ3) is 3.56. The first-order valence-electron chi connectivity index (χ1n) is 9.23. The van der Waals surface area contributed by atoms with Crippen molar-refractivity contribution in [1.82, 2.24) is 9.80 Å². The Balaban J connectivity index is 1.86. The average molecular weight is 344 g/mol. The molecule has 5 nitrogen and oxygen atoms in total. The van der Waals surface area contributed by atoms with Gasteiger partial charge in [-0.3, -0.25) is 9.59 Å². The minimum absolute atomic E-state index is 0.0307. The number of piperidine rings is 1. The van der Waals surface area contributed by atoms with Gasteiger partial charge in [0, 0.05) is 12.6 Å². The van der Waals surface area contributed by atoms with Crippen molar-refractivity contribution in [2.24, 2.45) is 5.41 Å². The summed E-state index contributed by atoms with van der Waals surface area (Å²) in [4.78, 5) is 29.3. The van der Waals surface area contributed by atoms with Gasteiger partial charge < -0.3 is 14.9 Å². The summed E-state index contributed by atoms with van der Waals surface area (Å²) >= 11 is 0. The lowest BCUT2D eigenvalue weighted by molar-refractivity contribution is -0.152. The Bertz CT molecular complexity index is 625. The zero-order chi connectivity index (χ0) is 18.0. The van der Waals surface area contributed by atoms with Crippen LogP contribution in [0.3, 0.4) is 0 Å². The average Bonchev–Trinajstić information content (AvgIpc) is 2.95. The van der Waals surface area contributed by atoms with Crippen molar-refractivity contribution in [3.63, 3.8) is 0 Å². The summed E-state index contributed by atoms with van der Waals surface area (Å²) in [6.45, 7) is 4.62. The van der Waals surface area contributed by atoms with Gasteiger partial charge in [0.15, 0.2) is 0 Å². The molecule has 1 heterocycles. The molecule has 1 saturated heterocycles. The van der Waals surface area contributed by atoms with Crippen LogP contribution in [0, 0.1) is 5.41 Å². The Hall–Kier alpha value is -1.88. The third-order valence-electron chi connectivity index (χ3n) is 5.85. The van der Waals surface area contributed by atoms with E-state index >= 15 is 0 Å². The van der Waals surface area contributed by atoms with Crippen molar-refractivity contribution in [3.05, 3.63) is 35.4 Å². The standard InChI is InChI=1S/C20H28N2O3/c1-3-22(17-8-10-21(2)11-9-17)19(25)20(14-18(23)24)12-15-6-4-5-7-16(15)13-20/h4-7,17H,3,8-14H2,1-2H3,(H,23,24). The molecule has 1 aliphatic heterocycles. The van der Waals surface area contributed by atoms with Crippen molar-refractivity contribution in [2.75, 3.05) is 26.7 Å². The van der Waals surface area contributed by atoms with E-state index in [0.717, 1.165) is 37.1 Å². The molecule has 0 unspecified atom stereocenters. The first kappa shape index (κ1) is 17.9. The van der Waals surface area contributed by atoms with Crippen molar-refractivity contribution >= 4 is 11.9 Å². The highest BCUT2D eigenvalue weighted by molar-refractivity contribution is 5.88. The Morgan fingerprint density at radius 1 is 1.20 bits per heavy atom. The lowest BCUT2D eigenvalue weighted by Gasteiger charge is -2.41. The first-order valence-corrected chi connectivity index (χ1v) is 9.23. The lowest BCUT2D eigenvalue weighted by atomic mass is 9.79. The minimum Gasteiger partial charge on any atom is -0.481 e. The third-order valence-corrected chi connectivity index (χ3v) is 5.85. The fraction of sp³-hybridized carbons (Fsp3) is 0.600. The molecule has 1 N–H and O–H groups in total. The molecule has 1 aromatic carbocycles. The van der Waals surface area contributed by atoms with Gasteiger partial charge in [-0.15, -0.1) is 0 Å². The number of aliphatic carboxylic acids is 1. The molecular formula is C20H28N2O3. The number of rotatable bonds is 5. The minimum atomic E-state index is -0.888. The number of carbonyl (C=O) groups is 2. The van der Waals surface area contributed by atoms with Crippen molar-refractivity contribution in [2.45, 2.75) is 45.1 Å². The van der Waals surface area contributed by atoms with Crippen LogP contribution in [0.4, 0.5) is 0 Å². The monoisotopic (exact) mass is 344 g/mol. The number of hydrogen-bond acceptors (Lipinski definition) is 3. The van der Waals surface area contributed by atoms with Crippen LogP contribution in [0.25, 0.3) is 0 Å². The van der Waals surface area contributed by atoms with Crippen LogP contribution in [0.5, 0.6) is 0 Å². The van der Waals surface area contributed by atoms with Crippen LogP contribution in [-0.2, 0) is 22.4 Å². The van der Waals surface area contributed by atoms with Gasteiger partial charge in [0.25, 0.3) is 0 Å². The Morgan fingerprint density at radius 2 is 1.76 bits per heavy atom. The first-order chi connectivity index (χ1) is 11.9. The van der Waals surface area contributed by atoms with E-state index in [4.69, 9.17) is 0 Å². The van der Waals surface area contributed by atoms with Crippen LogP contribution < -0.4 is 0 Å². The summed E-state index contributed by atoms with van der Waals surface area (Å²) in [6.07, 6.45) is 2.91. The molecule has 0 saturated carbocycles. The van der Waals surface area contributed by atoms with E-state index in [-0.39, 0.29) is 18.4 Å². The number of carbonyl (C=O) groups excluding carboxylic acids is 1. The molecule has 2 aliphatic rings. The molecule has 1 aromatic rings. The van der Waals surface area contributed by atoms with Crippen LogP contribution in [0.2, 0.25) is 0 Å². The van der Waals surface area contributed by atoms with E-state index in [1.807, 2.05) is 36.1 Å². The second-order valence-corrected chi connectivity index (χ2v) is 7.60. The number of fused-ring (bicyclic) bond motifs is 1. The van der Waals surface area contributed by atoms with Gasteiger partial charge in [0.1, 0.15) is 0 Å². The number of benzene rings is 1.